The third kappa shape index (κ3) is 11.3. The number of piperidine rings is 1. The van der Waals surface area contributed by atoms with Crippen molar-refractivity contribution in [1.82, 2.24) is 35.4 Å². The minimum atomic E-state index is -0.826. The van der Waals surface area contributed by atoms with Crippen LogP contribution in [0.1, 0.15) is 106 Å². The van der Waals surface area contributed by atoms with Gasteiger partial charge in [-0.1, -0.05) is 27.2 Å². The summed E-state index contributed by atoms with van der Waals surface area (Å²) in [5.74, 6) is -1.57. The lowest BCUT2D eigenvalue weighted by atomic mass is 9.95. The van der Waals surface area contributed by atoms with Gasteiger partial charge in [0.05, 0.1) is 19.1 Å². The zero-order valence-electron chi connectivity index (χ0n) is 31.7. The summed E-state index contributed by atoms with van der Waals surface area (Å²) in [6.45, 7) is 9.77. The molecule has 1 aliphatic heterocycles. The number of likely N-dealkylation sites (N-methyl/N-ethyl adjacent to an activating group) is 2. The number of carbonyl (C=O) groups is 5. The molecule has 0 bridgehead atoms. The molecular formula is C37H55N7O7S. The Morgan fingerprint density at radius 2 is 1.73 bits per heavy atom. The van der Waals surface area contributed by atoms with E-state index in [1.807, 2.05) is 27.8 Å². The van der Waals surface area contributed by atoms with E-state index in [1.54, 1.807) is 36.6 Å². The second-order valence-corrected chi connectivity index (χ2v) is 15.6. The highest BCUT2D eigenvalue weighted by Crippen LogP contribution is 2.36. The molecule has 52 heavy (non-hydrogen) atoms. The molecule has 2 aromatic heterocycles. The first-order valence-electron chi connectivity index (χ1n) is 18.2. The zero-order chi connectivity index (χ0) is 38.1. The molecule has 0 aromatic carbocycles. The van der Waals surface area contributed by atoms with Crippen molar-refractivity contribution in [3.05, 3.63) is 39.9 Å². The van der Waals surface area contributed by atoms with Gasteiger partial charge in [0.25, 0.3) is 5.91 Å². The molecule has 2 fully saturated rings. The summed E-state index contributed by atoms with van der Waals surface area (Å²) < 4.78 is 10.7. The fourth-order valence-corrected chi connectivity index (χ4v) is 7.65. The Kier molecular flexibility index (Phi) is 14.6. The number of likely N-dealkylation sites (tertiary alicyclic amines) is 1. The van der Waals surface area contributed by atoms with Gasteiger partial charge in [0.1, 0.15) is 22.6 Å². The third-order valence-corrected chi connectivity index (χ3v) is 10.9. The number of hydrogen-bond acceptors (Lipinski definition) is 12. The van der Waals surface area contributed by atoms with Crippen molar-refractivity contribution in [3.63, 3.8) is 0 Å². The van der Waals surface area contributed by atoms with Crippen LogP contribution in [-0.2, 0) is 35.1 Å². The zero-order valence-corrected chi connectivity index (χ0v) is 32.5. The Morgan fingerprint density at radius 3 is 2.33 bits per heavy atom. The van der Waals surface area contributed by atoms with Gasteiger partial charge in [-0.05, 0) is 70.0 Å². The molecule has 6 atom stereocenters. The van der Waals surface area contributed by atoms with Crippen LogP contribution in [0, 0.1) is 24.7 Å². The molecule has 2 N–H and O–H groups in total. The van der Waals surface area contributed by atoms with E-state index in [-0.39, 0.29) is 54.3 Å². The molecule has 2 aliphatic rings. The number of amides is 3. The maximum absolute atomic E-state index is 14.1. The Balaban J connectivity index is 1.49. The molecular weight excluding hydrogens is 687 g/mol. The summed E-state index contributed by atoms with van der Waals surface area (Å²) in [7, 11) is 5.01. The first-order valence-corrected chi connectivity index (χ1v) is 19.1. The van der Waals surface area contributed by atoms with Crippen molar-refractivity contribution < 1.29 is 33.4 Å². The average Bonchev–Trinajstić information content (AvgIpc) is 3.83. The minimum Gasteiger partial charge on any atom is -0.469 e. The van der Waals surface area contributed by atoms with Crippen molar-refractivity contribution >= 4 is 41.0 Å². The van der Waals surface area contributed by atoms with Gasteiger partial charge < -0.3 is 25.0 Å². The molecule has 286 valence electrons. The summed E-state index contributed by atoms with van der Waals surface area (Å²) in [6, 6.07) is -1.74. The van der Waals surface area contributed by atoms with Crippen LogP contribution in [-0.4, -0.2) is 106 Å². The smallest absolute Gasteiger partial charge is 0.308 e. The van der Waals surface area contributed by atoms with Crippen LogP contribution in [0.15, 0.2) is 17.8 Å². The number of nitrogens with zero attached hydrogens (tertiary/aromatic N) is 5. The van der Waals surface area contributed by atoms with Crippen LogP contribution in [0.5, 0.6) is 0 Å². The second-order valence-electron chi connectivity index (χ2n) is 14.7. The number of aromatic nitrogens is 3. The Labute approximate surface area is 310 Å². The summed E-state index contributed by atoms with van der Waals surface area (Å²) in [6.07, 6.45) is 7.94. The number of esters is 2. The lowest BCUT2D eigenvalue weighted by molar-refractivity contribution is -0.149. The summed E-state index contributed by atoms with van der Waals surface area (Å²) in [5.41, 5.74) is 1.03. The predicted octanol–water partition coefficient (Wildman–Crippen LogP) is 3.64. The van der Waals surface area contributed by atoms with E-state index >= 15 is 0 Å². The number of nitrogens with one attached hydrogen (secondary N) is 2. The van der Waals surface area contributed by atoms with E-state index in [9.17, 15) is 24.0 Å². The number of hydrogen-bond donors (Lipinski definition) is 2. The Bertz CT molecular complexity index is 1550. The molecule has 4 rings (SSSR count). The first kappa shape index (κ1) is 40.8. The van der Waals surface area contributed by atoms with Gasteiger partial charge in [-0.2, -0.15) is 0 Å². The third-order valence-electron chi connectivity index (χ3n) is 9.98. The molecule has 2 aromatic rings. The molecule has 1 aliphatic carbocycles. The molecule has 14 nitrogen and oxygen atoms in total. The maximum atomic E-state index is 14.1. The van der Waals surface area contributed by atoms with Gasteiger partial charge in [-0.15, -0.1) is 11.3 Å². The first-order chi connectivity index (χ1) is 24.7. The molecule has 15 heteroatoms. The molecule has 3 amide bonds. The summed E-state index contributed by atoms with van der Waals surface area (Å²) in [5, 5.41) is 8.10. The topological polar surface area (TPSA) is 173 Å². The number of aryl methyl sites for hydroxylation is 1. The van der Waals surface area contributed by atoms with Gasteiger partial charge in [0.2, 0.25) is 11.8 Å². The number of carbonyl (C=O) groups excluding carboxylic acids is 5. The highest BCUT2D eigenvalue weighted by Gasteiger charge is 2.42. The van der Waals surface area contributed by atoms with E-state index in [0.717, 1.165) is 44.2 Å². The van der Waals surface area contributed by atoms with Gasteiger partial charge in [0, 0.05) is 56.7 Å². The lowest BCUT2D eigenvalue weighted by Crippen LogP contribution is -2.56. The van der Waals surface area contributed by atoms with E-state index < -0.39 is 42.0 Å². The largest absolute Gasteiger partial charge is 0.469 e. The average molecular weight is 742 g/mol. The molecule has 0 unspecified atom stereocenters. The van der Waals surface area contributed by atoms with Crippen molar-refractivity contribution in [2.45, 2.75) is 116 Å². The van der Waals surface area contributed by atoms with Crippen LogP contribution in [0.2, 0.25) is 0 Å². The SMILES string of the molecule is COC(=O)[C@@H](C)C[C@H](Cc1ncc(C)cn1)NC(=O)c1csc([C@@H](C[C@H](C(C)C)N(C)C(=O)[C@@H](NC(=O)[C@H]2CCCCN2C)C2CC2)OC(C)=O)n1. The monoisotopic (exact) mass is 741 g/mol. The van der Waals surface area contributed by atoms with Crippen LogP contribution in [0.25, 0.3) is 0 Å². The Morgan fingerprint density at radius 1 is 1.04 bits per heavy atom. The fraction of sp³-hybridized carbons (Fsp3) is 0.676. The van der Waals surface area contributed by atoms with Crippen LogP contribution < -0.4 is 10.6 Å². The van der Waals surface area contributed by atoms with Crippen LogP contribution >= 0.6 is 11.3 Å². The van der Waals surface area contributed by atoms with Gasteiger partial charge in [-0.25, -0.2) is 15.0 Å². The quantitative estimate of drug-likeness (QED) is 0.227. The molecule has 1 saturated carbocycles. The van der Waals surface area contributed by atoms with E-state index in [4.69, 9.17) is 9.47 Å². The van der Waals surface area contributed by atoms with Gasteiger partial charge in [-0.3, -0.25) is 28.9 Å². The van der Waals surface area contributed by atoms with Crippen molar-refractivity contribution in [2.24, 2.45) is 17.8 Å². The second kappa shape index (κ2) is 18.7. The molecule has 0 radical (unpaired) electrons. The summed E-state index contributed by atoms with van der Waals surface area (Å²) >= 11 is 1.19. The highest BCUT2D eigenvalue weighted by atomic mass is 32.1. The van der Waals surface area contributed by atoms with Crippen molar-refractivity contribution in [3.8, 4) is 0 Å². The Hall–Kier alpha value is -3.98. The van der Waals surface area contributed by atoms with E-state index in [1.165, 1.54) is 25.4 Å². The van der Waals surface area contributed by atoms with Crippen LogP contribution in [0.4, 0.5) is 0 Å². The normalized spacial score (nSPS) is 19.1. The minimum absolute atomic E-state index is 0.0312. The predicted molar refractivity (Wildman–Crippen MR) is 195 cm³/mol. The van der Waals surface area contributed by atoms with E-state index in [2.05, 4.69) is 30.5 Å². The number of ether oxygens (including phenoxy) is 2. The maximum Gasteiger partial charge on any atom is 0.308 e. The van der Waals surface area contributed by atoms with Crippen molar-refractivity contribution in [2.75, 3.05) is 27.7 Å². The van der Waals surface area contributed by atoms with Gasteiger partial charge >= 0.3 is 11.9 Å². The van der Waals surface area contributed by atoms with Crippen molar-refractivity contribution in [1.29, 1.82) is 0 Å². The molecule has 1 saturated heterocycles. The van der Waals surface area contributed by atoms with E-state index in [0.29, 0.717) is 17.3 Å². The van der Waals surface area contributed by atoms with Gasteiger partial charge in [0.15, 0.2) is 6.10 Å². The summed E-state index contributed by atoms with van der Waals surface area (Å²) in [4.78, 5) is 82.6. The molecule has 0 spiro atoms. The lowest BCUT2D eigenvalue weighted by Gasteiger charge is -2.37. The fourth-order valence-electron chi connectivity index (χ4n) is 6.81. The number of rotatable bonds is 17. The standard InChI is InChI=1S/C37H55N7O7S/c1-21(2)29(44(7)36(48)32(25-12-13-25)42-34(47)28-11-9-10-14-43(28)6)17-30(51-24(5)45)35-41-27(20-52-35)33(46)40-26(15-23(4)37(49)50-8)16-31-38-18-22(3)19-39-31/h18-21,23,25-26,28-30,32H,9-17H2,1-8H3,(H,40,46)(H,42,47)/t23-,26+,28+,29+,30+,32-/m0/s1. The highest BCUT2D eigenvalue weighted by molar-refractivity contribution is 7.09. The molecule has 3 heterocycles. The number of methoxy groups -OCH3 is 1. The van der Waals surface area contributed by atoms with Crippen LogP contribution in [0.3, 0.4) is 0 Å². The number of thiazole rings is 1.